The number of aryl methyl sites for hydroxylation is 1. The van der Waals surface area contributed by atoms with E-state index in [9.17, 15) is 9.90 Å². The molecule has 3 N–H and O–H groups in total. The summed E-state index contributed by atoms with van der Waals surface area (Å²) < 4.78 is 0. The fourth-order valence-corrected chi connectivity index (χ4v) is 2.97. The SMILES string of the molecule is NCC(CCc1cccs1)(CC1CC1)C(=O)O. The van der Waals surface area contributed by atoms with Gasteiger partial charge in [-0.05, 0) is 36.6 Å². The molecule has 1 aliphatic rings. The first kappa shape index (κ1) is 12.6. The van der Waals surface area contributed by atoms with E-state index in [0.29, 0.717) is 12.3 Å². The van der Waals surface area contributed by atoms with Gasteiger partial charge in [0.1, 0.15) is 0 Å². The molecule has 1 aromatic rings. The Labute approximate surface area is 106 Å². The molecule has 17 heavy (non-hydrogen) atoms. The highest BCUT2D eigenvalue weighted by Gasteiger charge is 2.41. The Kier molecular flexibility index (Phi) is 3.84. The van der Waals surface area contributed by atoms with Crippen LogP contribution in [-0.4, -0.2) is 17.6 Å². The van der Waals surface area contributed by atoms with Crippen LogP contribution in [0.15, 0.2) is 17.5 Å². The number of carbonyl (C=O) groups is 1. The molecule has 1 aromatic heterocycles. The maximum atomic E-state index is 11.5. The molecule has 0 aromatic carbocycles. The van der Waals surface area contributed by atoms with Crippen molar-refractivity contribution in [1.29, 1.82) is 0 Å². The van der Waals surface area contributed by atoms with E-state index >= 15 is 0 Å². The van der Waals surface area contributed by atoms with Gasteiger partial charge in [-0.2, -0.15) is 0 Å². The van der Waals surface area contributed by atoms with Crippen molar-refractivity contribution in [2.24, 2.45) is 17.1 Å². The first-order chi connectivity index (χ1) is 8.16. The van der Waals surface area contributed by atoms with Crippen LogP contribution in [0.4, 0.5) is 0 Å². The Hall–Kier alpha value is -0.870. The predicted octanol–water partition coefficient (Wildman–Crippen LogP) is 2.51. The minimum Gasteiger partial charge on any atom is -0.481 e. The molecule has 0 saturated heterocycles. The third-order valence-electron chi connectivity index (χ3n) is 3.65. The second-order valence-electron chi connectivity index (χ2n) is 5.02. The first-order valence-electron chi connectivity index (χ1n) is 6.12. The van der Waals surface area contributed by atoms with E-state index in [4.69, 9.17) is 5.73 Å². The van der Waals surface area contributed by atoms with Crippen LogP contribution in [0.5, 0.6) is 0 Å². The van der Waals surface area contributed by atoms with Gasteiger partial charge in [0, 0.05) is 11.4 Å². The second kappa shape index (κ2) is 5.19. The Bertz CT molecular complexity index is 373. The van der Waals surface area contributed by atoms with Gasteiger partial charge < -0.3 is 10.8 Å². The molecule has 94 valence electrons. The van der Waals surface area contributed by atoms with Crippen molar-refractivity contribution in [2.45, 2.75) is 32.1 Å². The molecular weight excluding hydrogens is 234 g/mol. The first-order valence-corrected chi connectivity index (χ1v) is 7.00. The average Bonchev–Trinajstić information content (AvgIpc) is 2.96. The summed E-state index contributed by atoms with van der Waals surface area (Å²) in [5, 5.41) is 11.5. The van der Waals surface area contributed by atoms with E-state index < -0.39 is 11.4 Å². The average molecular weight is 253 g/mol. The van der Waals surface area contributed by atoms with Crippen LogP contribution in [0.3, 0.4) is 0 Å². The molecule has 1 aliphatic carbocycles. The summed E-state index contributed by atoms with van der Waals surface area (Å²) >= 11 is 1.69. The van der Waals surface area contributed by atoms with Crippen molar-refractivity contribution in [3.8, 4) is 0 Å². The zero-order valence-electron chi connectivity index (χ0n) is 9.89. The number of hydrogen-bond acceptors (Lipinski definition) is 3. The minimum absolute atomic E-state index is 0.254. The van der Waals surface area contributed by atoms with Crippen LogP contribution < -0.4 is 5.73 Å². The standard InChI is InChI=1S/C13H19NO2S/c14-9-13(12(15)16,8-10-3-4-10)6-5-11-2-1-7-17-11/h1-2,7,10H,3-6,8-9,14H2,(H,15,16). The second-order valence-corrected chi connectivity index (χ2v) is 6.05. The van der Waals surface area contributed by atoms with Crippen LogP contribution in [0.25, 0.3) is 0 Å². The number of thiophene rings is 1. The van der Waals surface area contributed by atoms with E-state index in [2.05, 4.69) is 6.07 Å². The summed E-state index contributed by atoms with van der Waals surface area (Å²) in [6.45, 7) is 0.254. The largest absolute Gasteiger partial charge is 0.481 e. The molecule has 2 rings (SSSR count). The topological polar surface area (TPSA) is 63.3 Å². The van der Waals surface area contributed by atoms with Crippen molar-refractivity contribution in [3.05, 3.63) is 22.4 Å². The van der Waals surface area contributed by atoms with E-state index in [-0.39, 0.29) is 6.54 Å². The Morgan fingerprint density at radius 1 is 1.59 bits per heavy atom. The van der Waals surface area contributed by atoms with Crippen molar-refractivity contribution in [3.63, 3.8) is 0 Å². The highest BCUT2D eigenvalue weighted by atomic mass is 32.1. The van der Waals surface area contributed by atoms with Gasteiger partial charge >= 0.3 is 5.97 Å². The van der Waals surface area contributed by atoms with Gasteiger partial charge in [-0.1, -0.05) is 18.9 Å². The van der Waals surface area contributed by atoms with Crippen LogP contribution >= 0.6 is 11.3 Å². The Morgan fingerprint density at radius 2 is 2.35 bits per heavy atom. The smallest absolute Gasteiger partial charge is 0.310 e. The van der Waals surface area contributed by atoms with Crippen molar-refractivity contribution in [1.82, 2.24) is 0 Å². The molecule has 1 saturated carbocycles. The van der Waals surface area contributed by atoms with Gasteiger partial charge in [-0.15, -0.1) is 11.3 Å². The molecule has 0 bridgehead atoms. The molecule has 0 spiro atoms. The summed E-state index contributed by atoms with van der Waals surface area (Å²) in [6, 6.07) is 4.07. The molecule has 0 amide bonds. The van der Waals surface area contributed by atoms with E-state index in [1.54, 1.807) is 11.3 Å². The van der Waals surface area contributed by atoms with Crippen LogP contribution in [0, 0.1) is 11.3 Å². The Morgan fingerprint density at radius 3 is 2.82 bits per heavy atom. The number of hydrogen-bond donors (Lipinski definition) is 2. The summed E-state index contributed by atoms with van der Waals surface area (Å²) in [4.78, 5) is 12.7. The normalized spacial score (nSPS) is 18.9. The molecule has 0 radical (unpaired) electrons. The Balaban J connectivity index is 2.00. The van der Waals surface area contributed by atoms with Gasteiger partial charge in [0.2, 0.25) is 0 Å². The lowest BCUT2D eigenvalue weighted by Gasteiger charge is -2.27. The highest BCUT2D eigenvalue weighted by Crippen LogP contribution is 2.42. The number of nitrogens with two attached hydrogens (primary N) is 1. The number of carboxylic acid groups (broad SMARTS) is 1. The van der Waals surface area contributed by atoms with Gasteiger partial charge in [0.25, 0.3) is 0 Å². The lowest BCUT2D eigenvalue weighted by molar-refractivity contribution is -0.149. The van der Waals surface area contributed by atoms with Crippen molar-refractivity contribution in [2.75, 3.05) is 6.54 Å². The summed E-state index contributed by atoms with van der Waals surface area (Å²) in [7, 11) is 0. The van der Waals surface area contributed by atoms with E-state index in [1.807, 2.05) is 11.4 Å². The zero-order chi connectivity index (χ0) is 12.3. The number of carboxylic acids is 1. The molecular formula is C13H19NO2S. The predicted molar refractivity (Wildman–Crippen MR) is 69.1 cm³/mol. The molecule has 1 heterocycles. The minimum atomic E-state index is -0.719. The molecule has 1 fully saturated rings. The fourth-order valence-electron chi connectivity index (χ4n) is 2.26. The van der Waals surface area contributed by atoms with Gasteiger partial charge in [0.15, 0.2) is 0 Å². The van der Waals surface area contributed by atoms with Crippen LogP contribution in [-0.2, 0) is 11.2 Å². The monoisotopic (exact) mass is 253 g/mol. The van der Waals surface area contributed by atoms with Crippen molar-refractivity contribution < 1.29 is 9.90 Å². The van der Waals surface area contributed by atoms with E-state index in [0.717, 1.165) is 12.8 Å². The van der Waals surface area contributed by atoms with Gasteiger partial charge in [-0.3, -0.25) is 4.79 Å². The summed E-state index contributed by atoms with van der Waals surface area (Å²) in [5.74, 6) is -0.124. The fraction of sp³-hybridized carbons (Fsp3) is 0.615. The molecule has 3 nitrogen and oxygen atoms in total. The van der Waals surface area contributed by atoms with Crippen LogP contribution in [0.1, 0.15) is 30.6 Å². The maximum absolute atomic E-state index is 11.5. The van der Waals surface area contributed by atoms with Crippen LogP contribution in [0.2, 0.25) is 0 Å². The third kappa shape index (κ3) is 3.07. The van der Waals surface area contributed by atoms with Gasteiger partial charge in [0.05, 0.1) is 5.41 Å². The highest BCUT2D eigenvalue weighted by molar-refractivity contribution is 7.09. The molecule has 0 aliphatic heterocycles. The third-order valence-corrected chi connectivity index (χ3v) is 4.59. The lowest BCUT2D eigenvalue weighted by atomic mass is 9.78. The summed E-state index contributed by atoms with van der Waals surface area (Å²) in [5.41, 5.74) is 5.04. The van der Waals surface area contributed by atoms with Gasteiger partial charge in [-0.25, -0.2) is 0 Å². The molecule has 4 heteroatoms. The quantitative estimate of drug-likeness (QED) is 0.784. The summed E-state index contributed by atoms with van der Waals surface area (Å²) in [6.07, 6.45) is 4.59. The maximum Gasteiger partial charge on any atom is 0.310 e. The lowest BCUT2D eigenvalue weighted by Crippen LogP contribution is -2.39. The zero-order valence-corrected chi connectivity index (χ0v) is 10.7. The molecule has 1 unspecified atom stereocenters. The molecule has 1 atom stereocenters. The number of aliphatic carboxylic acids is 1. The van der Waals surface area contributed by atoms with E-state index in [1.165, 1.54) is 17.7 Å². The van der Waals surface area contributed by atoms with Crippen molar-refractivity contribution >= 4 is 17.3 Å². The number of rotatable bonds is 7.